The summed E-state index contributed by atoms with van der Waals surface area (Å²) in [6.45, 7) is 9.69. The van der Waals surface area contributed by atoms with E-state index < -0.39 is 21.8 Å². The fraction of sp³-hybridized carbons (Fsp3) is 0.556. The summed E-state index contributed by atoms with van der Waals surface area (Å²) in [5, 5.41) is 14.9. The Morgan fingerprint density at radius 1 is 1.04 bits per heavy atom. The van der Waals surface area contributed by atoms with Crippen molar-refractivity contribution in [1.82, 2.24) is 19.6 Å². The van der Waals surface area contributed by atoms with E-state index >= 15 is 0 Å². The maximum absolute atomic E-state index is 14.3. The Morgan fingerprint density at radius 3 is 2.24 bits per heavy atom. The first-order valence-corrected chi connectivity index (χ1v) is 18.5. The number of sulfone groups is 1. The normalized spacial score (nSPS) is 20.8. The highest BCUT2D eigenvalue weighted by molar-refractivity contribution is 7.90. The van der Waals surface area contributed by atoms with Crippen molar-refractivity contribution < 1.29 is 22.7 Å². The summed E-state index contributed by atoms with van der Waals surface area (Å²) in [7, 11) is -1.28. The summed E-state index contributed by atoms with van der Waals surface area (Å²) in [5.74, 6) is -0.117. The lowest BCUT2D eigenvalue weighted by Gasteiger charge is -2.35. The van der Waals surface area contributed by atoms with E-state index in [2.05, 4.69) is 27.5 Å². The van der Waals surface area contributed by atoms with Crippen LogP contribution >= 0.6 is 37.2 Å². The molecule has 1 aliphatic heterocycles. The molecule has 5 rings (SSSR count). The first kappa shape index (κ1) is 43.0. The van der Waals surface area contributed by atoms with Gasteiger partial charge in [-0.1, -0.05) is 38.1 Å². The Labute approximate surface area is 310 Å². The van der Waals surface area contributed by atoms with Crippen LogP contribution in [0.5, 0.6) is 0 Å². The van der Waals surface area contributed by atoms with Crippen LogP contribution in [0, 0.1) is 17.7 Å². The second-order valence-electron chi connectivity index (χ2n) is 13.8. The molecule has 2 heterocycles. The van der Waals surface area contributed by atoms with Crippen LogP contribution in [-0.2, 0) is 27.6 Å². The molecule has 4 atom stereocenters. The number of rotatable bonds is 12. The average molecular weight is 762 g/mol. The first-order valence-electron chi connectivity index (χ1n) is 16.6. The number of aromatic nitrogens is 2. The van der Waals surface area contributed by atoms with Crippen molar-refractivity contribution in [2.24, 2.45) is 11.8 Å². The summed E-state index contributed by atoms with van der Waals surface area (Å²) in [6, 6.07) is 15.8. The van der Waals surface area contributed by atoms with Gasteiger partial charge in [-0.3, -0.25) is 14.4 Å². The van der Waals surface area contributed by atoms with Crippen LogP contribution in [0.3, 0.4) is 0 Å². The largest absolute Gasteiger partial charge is 0.480 e. The van der Waals surface area contributed by atoms with E-state index in [0.29, 0.717) is 23.2 Å². The van der Waals surface area contributed by atoms with Crippen LogP contribution in [0.1, 0.15) is 80.8 Å². The number of carboxylic acids is 1. The minimum Gasteiger partial charge on any atom is -0.480 e. The van der Waals surface area contributed by atoms with Crippen molar-refractivity contribution in [2.75, 3.05) is 32.9 Å². The maximum Gasteiger partial charge on any atom is 0.321 e. The van der Waals surface area contributed by atoms with Crippen LogP contribution in [-0.4, -0.2) is 84.1 Å². The zero-order chi connectivity index (χ0) is 33.2. The number of carboxylic acid groups (broad SMARTS) is 1. The lowest BCUT2D eigenvalue weighted by atomic mass is 9.87. The van der Waals surface area contributed by atoms with Gasteiger partial charge in [-0.15, -0.1) is 37.2 Å². The minimum atomic E-state index is -3.22. The topological polar surface area (TPSA) is 95.7 Å². The first-order chi connectivity index (χ1) is 21.8. The van der Waals surface area contributed by atoms with Crippen LogP contribution in [0.2, 0.25) is 0 Å². The Morgan fingerprint density at radius 2 is 1.69 bits per heavy atom. The lowest BCUT2D eigenvalue weighted by Crippen LogP contribution is -2.47. The van der Waals surface area contributed by atoms with Gasteiger partial charge in [0.2, 0.25) is 0 Å². The second kappa shape index (κ2) is 18.3. The summed E-state index contributed by atoms with van der Waals surface area (Å²) in [5.41, 5.74) is 4.30. The van der Waals surface area contributed by atoms with Crippen molar-refractivity contribution in [3.63, 3.8) is 0 Å². The molecule has 8 nitrogen and oxygen atoms in total. The monoisotopic (exact) mass is 760 g/mol. The smallest absolute Gasteiger partial charge is 0.321 e. The minimum absolute atomic E-state index is 0. The average Bonchev–Trinajstić information content (AvgIpc) is 3.61. The van der Waals surface area contributed by atoms with Crippen LogP contribution < -0.4 is 0 Å². The molecular formula is C36H52Cl3FN4O4S. The molecule has 2 aromatic carbocycles. The molecule has 3 unspecified atom stereocenters. The van der Waals surface area contributed by atoms with Crippen molar-refractivity contribution in [1.29, 1.82) is 0 Å². The van der Waals surface area contributed by atoms with E-state index in [0.717, 1.165) is 68.7 Å². The number of hydrogen-bond acceptors (Lipinski definition) is 6. The molecule has 1 saturated heterocycles. The Kier molecular flexibility index (Phi) is 16.1. The number of hydrogen-bond donors (Lipinski definition) is 1. The van der Waals surface area contributed by atoms with Gasteiger partial charge in [-0.05, 0) is 112 Å². The third-order valence-electron chi connectivity index (χ3n) is 10.2. The van der Waals surface area contributed by atoms with Gasteiger partial charge in [0.25, 0.3) is 0 Å². The molecule has 0 amide bonds. The Hall–Kier alpha value is -2.21. The highest BCUT2D eigenvalue weighted by Gasteiger charge is 2.42. The number of aryl methyl sites for hydroxylation is 1. The molecule has 49 heavy (non-hydrogen) atoms. The van der Waals surface area contributed by atoms with Crippen LogP contribution in [0.15, 0.2) is 59.5 Å². The molecule has 1 aromatic heterocycles. The fourth-order valence-corrected chi connectivity index (χ4v) is 8.52. The number of benzene rings is 2. The van der Waals surface area contributed by atoms with Gasteiger partial charge in [-0.2, -0.15) is 5.10 Å². The quantitative estimate of drug-likeness (QED) is 0.211. The SMILES string of the molecule is CCn1nc(Cc2ccc(S(C)(=O)=O)cc2)cc1C1CCN(CC2CC(N(C)[C@@H](C(=O)O)C(C)C)CC2c2cccc(F)c2)CC1.Cl.Cl.Cl. The van der Waals surface area contributed by atoms with E-state index in [1.807, 2.05) is 39.1 Å². The van der Waals surface area contributed by atoms with Crippen LogP contribution in [0.25, 0.3) is 0 Å². The Balaban J connectivity index is 0.00000278. The number of likely N-dealkylation sites (tertiary alicyclic amines) is 1. The van der Waals surface area contributed by atoms with E-state index in [-0.39, 0.29) is 60.9 Å². The van der Waals surface area contributed by atoms with Gasteiger partial charge in [0.05, 0.1) is 10.6 Å². The zero-order valence-corrected chi connectivity index (χ0v) is 32.3. The molecule has 274 valence electrons. The summed E-state index contributed by atoms with van der Waals surface area (Å²) in [4.78, 5) is 17.1. The molecule has 1 saturated carbocycles. The number of carbonyl (C=O) groups is 1. The predicted octanol–water partition coefficient (Wildman–Crippen LogP) is 7.08. The Bertz CT molecular complexity index is 1610. The third-order valence-corrected chi connectivity index (χ3v) is 11.4. The number of piperidine rings is 1. The van der Waals surface area contributed by atoms with E-state index in [1.54, 1.807) is 24.3 Å². The van der Waals surface area contributed by atoms with Gasteiger partial charge in [0, 0.05) is 43.4 Å². The highest BCUT2D eigenvalue weighted by Crippen LogP contribution is 2.43. The van der Waals surface area contributed by atoms with Gasteiger partial charge in [0.15, 0.2) is 9.84 Å². The van der Waals surface area contributed by atoms with Crippen molar-refractivity contribution in [3.8, 4) is 0 Å². The molecule has 2 fully saturated rings. The molecule has 2 aliphatic rings. The molecule has 1 aliphatic carbocycles. The van der Waals surface area contributed by atoms with E-state index in [1.165, 1.54) is 18.0 Å². The number of nitrogens with zero attached hydrogens (tertiary/aromatic N) is 4. The summed E-state index contributed by atoms with van der Waals surface area (Å²) >= 11 is 0. The van der Waals surface area contributed by atoms with Crippen molar-refractivity contribution in [3.05, 3.63) is 82.9 Å². The van der Waals surface area contributed by atoms with Gasteiger partial charge < -0.3 is 10.0 Å². The summed E-state index contributed by atoms with van der Waals surface area (Å²) in [6.07, 6.45) is 5.66. The molecule has 0 spiro atoms. The molecule has 0 bridgehead atoms. The fourth-order valence-electron chi connectivity index (χ4n) is 7.89. The van der Waals surface area contributed by atoms with Crippen molar-refractivity contribution in [2.45, 2.75) is 88.2 Å². The number of halogens is 4. The molecular weight excluding hydrogens is 710 g/mol. The van der Waals surface area contributed by atoms with Gasteiger partial charge in [-0.25, -0.2) is 12.8 Å². The predicted molar refractivity (Wildman–Crippen MR) is 200 cm³/mol. The molecule has 0 radical (unpaired) electrons. The molecule has 13 heteroatoms. The molecule has 3 aromatic rings. The molecule has 1 N–H and O–H groups in total. The standard InChI is InChI=1S/C36H49FN4O4S.3ClH/c1-6-41-34(21-30(38-41)18-25-10-12-32(13-11-25)46(5,44)45)26-14-16-40(17-15-26)23-28-20-31(39(4)35(24(2)3)36(42)43)22-33(28)27-8-7-9-29(37)19-27;;;/h7-13,19,21,24,26,28,31,33,35H,6,14-18,20,22-23H2,1-5H3,(H,42,43);3*1H/t28?,31?,33?,35-;;;/m1.../s1. The zero-order valence-electron chi connectivity index (χ0n) is 29.0. The lowest BCUT2D eigenvalue weighted by molar-refractivity contribution is -0.145. The third kappa shape index (κ3) is 10.4. The van der Waals surface area contributed by atoms with Crippen LogP contribution in [0.4, 0.5) is 4.39 Å². The highest BCUT2D eigenvalue weighted by atomic mass is 35.5. The maximum atomic E-state index is 14.3. The van der Waals surface area contributed by atoms with Gasteiger partial charge >= 0.3 is 5.97 Å². The van der Waals surface area contributed by atoms with E-state index in [9.17, 15) is 22.7 Å². The van der Waals surface area contributed by atoms with Gasteiger partial charge in [0.1, 0.15) is 11.9 Å². The van der Waals surface area contributed by atoms with E-state index in [4.69, 9.17) is 5.10 Å². The van der Waals surface area contributed by atoms with Crippen molar-refractivity contribution >= 4 is 53.0 Å². The second-order valence-corrected chi connectivity index (χ2v) is 15.8. The summed E-state index contributed by atoms with van der Waals surface area (Å²) < 4.78 is 40.1. The number of aliphatic carboxylic acids is 1. The number of likely N-dealkylation sites (N-methyl/N-ethyl adjacent to an activating group) is 1.